The van der Waals surface area contributed by atoms with Gasteiger partial charge in [-0.15, -0.1) is 0 Å². The van der Waals surface area contributed by atoms with Gasteiger partial charge in [-0.1, -0.05) is 0 Å². The van der Waals surface area contributed by atoms with Crippen molar-refractivity contribution < 1.29 is 4.92 Å². The summed E-state index contributed by atoms with van der Waals surface area (Å²) in [7, 11) is 0. The van der Waals surface area contributed by atoms with Crippen LogP contribution in [-0.2, 0) is 6.42 Å². The van der Waals surface area contributed by atoms with Gasteiger partial charge >= 0.3 is 0 Å². The summed E-state index contributed by atoms with van der Waals surface area (Å²) >= 11 is 0. The minimum absolute atomic E-state index is 0.0490. The summed E-state index contributed by atoms with van der Waals surface area (Å²) in [5.41, 5.74) is 6.86. The lowest BCUT2D eigenvalue weighted by atomic mass is 10.1. The van der Waals surface area contributed by atoms with Gasteiger partial charge in [0, 0.05) is 24.2 Å². The van der Waals surface area contributed by atoms with E-state index >= 15 is 0 Å². The SMILES string of the molecule is Cc1ccc([N+](=O)[O-])c(CC(C)N)n1. The first-order chi connectivity index (χ1) is 6.50. The molecule has 1 atom stereocenters. The molecule has 0 aliphatic heterocycles. The fourth-order valence-corrected chi connectivity index (χ4v) is 1.22. The molecule has 0 fully saturated rings. The highest BCUT2D eigenvalue weighted by Crippen LogP contribution is 2.17. The second-order valence-corrected chi connectivity index (χ2v) is 3.36. The van der Waals surface area contributed by atoms with Crippen LogP contribution >= 0.6 is 0 Å². The van der Waals surface area contributed by atoms with Crippen LogP contribution in [0.1, 0.15) is 18.3 Å². The molecule has 76 valence electrons. The van der Waals surface area contributed by atoms with E-state index in [0.717, 1.165) is 5.69 Å². The molecule has 0 aliphatic carbocycles. The Morgan fingerprint density at radius 1 is 1.64 bits per heavy atom. The van der Waals surface area contributed by atoms with Crippen molar-refractivity contribution in [2.45, 2.75) is 26.3 Å². The van der Waals surface area contributed by atoms with Crippen LogP contribution in [0.5, 0.6) is 0 Å². The quantitative estimate of drug-likeness (QED) is 0.580. The average Bonchev–Trinajstić information content (AvgIpc) is 2.01. The molecule has 1 aromatic heterocycles. The van der Waals surface area contributed by atoms with Gasteiger partial charge in [-0.25, -0.2) is 0 Å². The highest BCUT2D eigenvalue weighted by Gasteiger charge is 2.15. The third-order valence-electron chi connectivity index (χ3n) is 1.80. The summed E-state index contributed by atoms with van der Waals surface area (Å²) in [6.45, 7) is 3.60. The largest absolute Gasteiger partial charge is 0.328 e. The second-order valence-electron chi connectivity index (χ2n) is 3.36. The third-order valence-corrected chi connectivity index (χ3v) is 1.80. The van der Waals surface area contributed by atoms with E-state index in [2.05, 4.69) is 4.98 Å². The van der Waals surface area contributed by atoms with Crippen molar-refractivity contribution >= 4 is 5.69 Å². The smallest absolute Gasteiger partial charge is 0.290 e. The van der Waals surface area contributed by atoms with Crippen molar-refractivity contribution in [3.05, 3.63) is 33.6 Å². The summed E-state index contributed by atoms with van der Waals surface area (Å²) in [5.74, 6) is 0. The molecule has 1 aromatic rings. The predicted octanol–water partition coefficient (Wildman–Crippen LogP) is 1.19. The fraction of sp³-hybridized carbons (Fsp3) is 0.444. The number of rotatable bonds is 3. The van der Waals surface area contributed by atoms with Crippen LogP contribution in [0.3, 0.4) is 0 Å². The lowest BCUT2D eigenvalue weighted by Gasteiger charge is -2.05. The van der Waals surface area contributed by atoms with Gasteiger partial charge in [0.25, 0.3) is 5.69 Å². The number of nitrogens with two attached hydrogens (primary N) is 1. The summed E-state index contributed by atoms with van der Waals surface area (Å²) in [6, 6.07) is 2.98. The monoisotopic (exact) mass is 195 g/mol. The van der Waals surface area contributed by atoms with E-state index < -0.39 is 4.92 Å². The molecule has 0 aliphatic rings. The molecule has 0 spiro atoms. The van der Waals surface area contributed by atoms with Gasteiger partial charge in [0.1, 0.15) is 5.69 Å². The van der Waals surface area contributed by atoms with Gasteiger partial charge in [-0.3, -0.25) is 15.1 Å². The molecule has 1 unspecified atom stereocenters. The zero-order valence-corrected chi connectivity index (χ0v) is 8.23. The standard InChI is InChI=1S/C9H13N3O2/c1-6(10)5-8-9(12(13)14)4-3-7(2)11-8/h3-4,6H,5,10H2,1-2H3. The van der Waals surface area contributed by atoms with Crippen LogP contribution in [0.15, 0.2) is 12.1 Å². The second kappa shape index (κ2) is 4.15. The molecule has 1 rings (SSSR count). The third kappa shape index (κ3) is 2.50. The molecule has 0 saturated carbocycles. The first-order valence-corrected chi connectivity index (χ1v) is 4.37. The molecular weight excluding hydrogens is 182 g/mol. The number of nitro groups is 1. The summed E-state index contributed by atoms with van der Waals surface area (Å²) in [5, 5.41) is 10.6. The highest BCUT2D eigenvalue weighted by molar-refractivity contribution is 5.36. The van der Waals surface area contributed by atoms with Crippen LogP contribution in [0, 0.1) is 17.0 Å². The molecule has 14 heavy (non-hydrogen) atoms. The van der Waals surface area contributed by atoms with E-state index in [4.69, 9.17) is 5.73 Å². The number of nitrogens with zero attached hydrogens (tertiary/aromatic N) is 2. The van der Waals surface area contributed by atoms with Gasteiger partial charge in [-0.05, 0) is 19.9 Å². The van der Waals surface area contributed by atoms with Gasteiger partial charge in [-0.2, -0.15) is 0 Å². The molecule has 0 amide bonds. The molecule has 0 radical (unpaired) electrons. The maximum absolute atomic E-state index is 10.6. The fourth-order valence-electron chi connectivity index (χ4n) is 1.22. The molecule has 2 N–H and O–H groups in total. The Bertz CT molecular complexity index is 350. The van der Waals surface area contributed by atoms with Crippen molar-refractivity contribution in [2.75, 3.05) is 0 Å². The molecular formula is C9H13N3O2. The number of hydrogen-bond donors (Lipinski definition) is 1. The molecule has 1 heterocycles. The van der Waals surface area contributed by atoms with E-state index in [9.17, 15) is 10.1 Å². The van der Waals surface area contributed by atoms with Crippen LogP contribution in [0.25, 0.3) is 0 Å². The van der Waals surface area contributed by atoms with Crippen LogP contribution in [-0.4, -0.2) is 15.9 Å². The number of hydrogen-bond acceptors (Lipinski definition) is 4. The van der Waals surface area contributed by atoms with E-state index in [1.807, 2.05) is 0 Å². The minimum atomic E-state index is -0.426. The summed E-state index contributed by atoms with van der Waals surface area (Å²) in [6.07, 6.45) is 0.429. The van der Waals surface area contributed by atoms with E-state index in [1.165, 1.54) is 6.07 Å². The zero-order valence-electron chi connectivity index (χ0n) is 8.23. The minimum Gasteiger partial charge on any atom is -0.328 e. The normalized spacial score (nSPS) is 12.5. The molecule has 5 nitrogen and oxygen atoms in total. The topological polar surface area (TPSA) is 82.0 Å². The van der Waals surface area contributed by atoms with Crippen LogP contribution in [0.4, 0.5) is 5.69 Å². The van der Waals surface area contributed by atoms with Crippen molar-refractivity contribution in [1.82, 2.24) is 4.98 Å². The average molecular weight is 195 g/mol. The Hall–Kier alpha value is -1.49. The number of pyridine rings is 1. The molecule has 0 saturated heterocycles. The maximum Gasteiger partial charge on any atom is 0.290 e. The van der Waals surface area contributed by atoms with Crippen molar-refractivity contribution in [1.29, 1.82) is 0 Å². The van der Waals surface area contributed by atoms with Crippen LogP contribution < -0.4 is 5.73 Å². The highest BCUT2D eigenvalue weighted by atomic mass is 16.6. The first-order valence-electron chi connectivity index (χ1n) is 4.37. The Kier molecular flexibility index (Phi) is 3.14. The lowest BCUT2D eigenvalue weighted by Crippen LogP contribution is -2.19. The van der Waals surface area contributed by atoms with Gasteiger partial charge in [0.05, 0.1) is 4.92 Å². The summed E-state index contributed by atoms with van der Waals surface area (Å²) in [4.78, 5) is 14.3. The zero-order chi connectivity index (χ0) is 10.7. The predicted molar refractivity (Wildman–Crippen MR) is 53.0 cm³/mol. The maximum atomic E-state index is 10.6. The lowest BCUT2D eigenvalue weighted by molar-refractivity contribution is -0.386. The number of aryl methyl sites for hydroxylation is 1. The molecule has 0 bridgehead atoms. The van der Waals surface area contributed by atoms with Crippen molar-refractivity contribution in [3.8, 4) is 0 Å². The molecule has 5 heteroatoms. The Labute approximate surface area is 82.1 Å². The van der Waals surface area contributed by atoms with Gasteiger partial charge in [0.2, 0.25) is 0 Å². The Balaban J connectivity index is 3.09. The Morgan fingerprint density at radius 3 is 2.79 bits per heavy atom. The number of aromatic nitrogens is 1. The van der Waals surface area contributed by atoms with Gasteiger partial charge in [0.15, 0.2) is 0 Å². The first kappa shape index (κ1) is 10.6. The van der Waals surface area contributed by atoms with Crippen molar-refractivity contribution in [2.24, 2.45) is 5.73 Å². The van der Waals surface area contributed by atoms with Crippen LogP contribution in [0.2, 0.25) is 0 Å². The van der Waals surface area contributed by atoms with Crippen molar-refractivity contribution in [3.63, 3.8) is 0 Å². The molecule has 0 aromatic carbocycles. The van der Waals surface area contributed by atoms with E-state index in [-0.39, 0.29) is 11.7 Å². The van der Waals surface area contributed by atoms with E-state index in [0.29, 0.717) is 12.1 Å². The van der Waals surface area contributed by atoms with E-state index in [1.54, 1.807) is 19.9 Å². The van der Waals surface area contributed by atoms with Gasteiger partial charge < -0.3 is 5.73 Å². The summed E-state index contributed by atoms with van der Waals surface area (Å²) < 4.78 is 0. The Morgan fingerprint density at radius 2 is 2.29 bits per heavy atom.